The minimum Gasteiger partial charge on any atom is -0.461 e. The predicted octanol–water partition coefficient (Wildman–Crippen LogP) is 2.63. The Morgan fingerprint density at radius 1 is 1.20 bits per heavy atom. The minimum absolute atomic E-state index is 0.209. The number of hydrogen-bond donors (Lipinski definition) is 1. The second-order valence-corrected chi connectivity index (χ2v) is 7.55. The SMILES string of the molecule is O=C(Nc1nc2c(s1)CN(C(=O)c1cc(-c3ccco3)on1)CC2)c1cnccn1. The Hall–Kier alpha value is -3.86. The van der Waals surface area contributed by atoms with Crippen LogP contribution in [0, 0.1) is 0 Å². The molecule has 1 aliphatic rings. The normalized spacial score (nSPS) is 13.1. The second kappa shape index (κ2) is 7.52. The summed E-state index contributed by atoms with van der Waals surface area (Å²) in [6.45, 7) is 0.881. The molecule has 11 heteroatoms. The van der Waals surface area contributed by atoms with Crippen LogP contribution in [0.2, 0.25) is 0 Å². The van der Waals surface area contributed by atoms with Crippen molar-refractivity contribution in [2.45, 2.75) is 13.0 Å². The van der Waals surface area contributed by atoms with Crippen LogP contribution < -0.4 is 5.32 Å². The fourth-order valence-corrected chi connectivity index (χ4v) is 4.09. The van der Waals surface area contributed by atoms with E-state index in [4.69, 9.17) is 8.94 Å². The number of carbonyl (C=O) groups is 2. The van der Waals surface area contributed by atoms with Gasteiger partial charge in [-0.3, -0.25) is 19.9 Å². The third-order valence-electron chi connectivity index (χ3n) is 4.53. The van der Waals surface area contributed by atoms with Crippen LogP contribution in [0.15, 0.2) is 52.0 Å². The molecule has 1 aliphatic heterocycles. The Kier molecular flexibility index (Phi) is 4.56. The molecular weight excluding hydrogens is 408 g/mol. The lowest BCUT2D eigenvalue weighted by Crippen LogP contribution is -2.35. The molecule has 0 radical (unpaired) electrons. The number of rotatable bonds is 4. The lowest BCUT2D eigenvalue weighted by Gasteiger charge is -2.25. The molecule has 0 fully saturated rings. The Balaban J connectivity index is 1.28. The van der Waals surface area contributed by atoms with E-state index < -0.39 is 0 Å². The van der Waals surface area contributed by atoms with Gasteiger partial charge in [-0.15, -0.1) is 0 Å². The summed E-state index contributed by atoms with van der Waals surface area (Å²) in [5, 5.41) is 7.07. The fraction of sp³-hybridized carbons (Fsp3) is 0.158. The largest absolute Gasteiger partial charge is 0.461 e. The molecule has 2 amide bonds. The second-order valence-electron chi connectivity index (χ2n) is 6.46. The van der Waals surface area contributed by atoms with E-state index in [1.54, 1.807) is 23.1 Å². The number of hydrogen-bond acceptors (Lipinski definition) is 9. The maximum Gasteiger partial charge on any atom is 0.277 e. The summed E-state index contributed by atoms with van der Waals surface area (Å²) >= 11 is 1.33. The van der Waals surface area contributed by atoms with Gasteiger partial charge in [0.2, 0.25) is 5.76 Å². The zero-order valence-corrected chi connectivity index (χ0v) is 16.3. The van der Waals surface area contributed by atoms with Crippen molar-refractivity contribution in [3.63, 3.8) is 0 Å². The zero-order chi connectivity index (χ0) is 20.5. The van der Waals surface area contributed by atoms with Crippen molar-refractivity contribution in [1.82, 2.24) is 25.0 Å². The van der Waals surface area contributed by atoms with Crippen molar-refractivity contribution in [1.29, 1.82) is 0 Å². The van der Waals surface area contributed by atoms with Gasteiger partial charge < -0.3 is 13.8 Å². The van der Waals surface area contributed by atoms with Gasteiger partial charge in [-0.25, -0.2) is 9.97 Å². The van der Waals surface area contributed by atoms with E-state index in [-0.39, 0.29) is 23.2 Å². The van der Waals surface area contributed by atoms with E-state index in [9.17, 15) is 9.59 Å². The molecule has 30 heavy (non-hydrogen) atoms. The van der Waals surface area contributed by atoms with Gasteiger partial charge in [0, 0.05) is 36.3 Å². The zero-order valence-electron chi connectivity index (χ0n) is 15.4. The Bertz CT molecular complexity index is 1200. The Morgan fingerprint density at radius 3 is 2.93 bits per heavy atom. The number of carbonyl (C=O) groups excluding carboxylic acids is 2. The number of amides is 2. The first-order valence-corrected chi connectivity index (χ1v) is 9.85. The number of aromatic nitrogens is 4. The van der Waals surface area contributed by atoms with E-state index in [0.29, 0.717) is 36.2 Å². The van der Waals surface area contributed by atoms with Crippen LogP contribution in [0.3, 0.4) is 0 Å². The Labute approximate surface area is 173 Å². The van der Waals surface area contributed by atoms with Crippen molar-refractivity contribution in [3.05, 3.63) is 65.0 Å². The van der Waals surface area contributed by atoms with Crippen molar-refractivity contribution < 1.29 is 18.5 Å². The highest BCUT2D eigenvalue weighted by atomic mass is 32.1. The average Bonchev–Trinajstić information content (AvgIpc) is 3.53. The van der Waals surface area contributed by atoms with Crippen LogP contribution in [0.4, 0.5) is 5.13 Å². The van der Waals surface area contributed by atoms with Crippen molar-refractivity contribution in [3.8, 4) is 11.5 Å². The van der Waals surface area contributed by atoms with E-state index in [2.05, 4.69) is 25.4 Å². The number of thiazole rings is 1. The molecule has 0 bridgehead atoms. The maximum atomic E-state index is 12.8. The van der Waals surface area contributed by atoms with Gasteiger partial charge in [0.1, 0.15) is 5.69 Å². The number of furan rings is 1. The molecule has 5 rings (SSSR count). The molecular formula is C19H14N6O4S. The van der Waals surface area contributed by atoms with Crippen molar-refractivity contribution in [2.75, 3.05) is 11.9 Å². The van der Waals surface area contributed by atoms with Gasteiger partial charge in [0.25, 0.3) is 11.8 Å². The molecule has 0 atom stereocenters. The first-order valence-electron chi connectivity index (χ1n) is 9.03. The third kappa shape index (κ3) is 3.46. The summed E-state index contributed by atoms with van der Waals surface area (Å²) in [6.07, 6.45) is 6.44. The maximum absolute atomic E-state index is 12.8. The van der Waals surface area contributed by atoms with Gasteiger partial charge in [0.15, 0.2) is 16.6 Å². The molecule has 0 spiro atoms. The van der Waals surface area contributed by atoms with Crippen molar-refractivity contribution >= 4 is 28.3 Å². The van der Waals surface area contributed by atoms with E-state index in [1.165, 1.54) is 36.2 Å². The molecule has 0 saturated carbocycles. The molecule has 4 aromatic rings. The summed E-state index contributed by atoms with van der Waals surface area (Å²) in [5.74, 6) is 0.289. The average molecular weight is 422 g/mol. The van der Waals surface area contributed by atoms with E-state index >= 15 is 0 Å². The molecule has 150 valence electrons. The number of anilines is 1. The molecule has 0 aromatic carbocycles. The quantitative estimate of drug-likeness (QED) is 0.532. The number of nitrogens with one attached hydrogen (secondary N) is 1. The lowest BCUT2D eigenvalue weighted by atomic mass is 10.1. The summed E-state index contributed by atoms with van der Waals surface area (Å²) < 4.78 is 10.5. The van der Waals surface area contributed by atoms with Gasteiger partial charge in [-0.05, 0) is 12.1 Å². The van der Waals surface area contributed by atoms with Crippen LogP contribution in [0.5, 0.6) is 0 Å². The van der Waals surface area contributed by atoms with Gasteiger partial charge in [0.05, 0.1) is 24.7 Å². The van der Waals surface area contributed by atoms with Crippen LogP contribution in [-0.4, -0.2) is 43.4 Å². The third-order valence-corrected chi connectivity index (χ3v) is 5.53. The predicted molar refractivity (Wildman–Crippen MR) is 105 cm³/mol. The van der Waals surface area contributed by atoms with Gasteiger partial charge >= 0.3 is 0 Å². The van der Waals surface area contributed by atoms with E-state index in [1.807, 2.05) is 0 Å². The van der Waals surface area contributed by atoms with E-state index in [0.717, 1.165) is 10.6 Å². The highest BCUT2D eigenvalue weighted by Gasteiger charge is 2.27. The summed E-state index contributed by atoms with van der Waals surface area (Å²) in [5.41, 5.74) is 1.29. The molecule has 0 aliphatic carbocycles. The first kappa shape index (κ1) is 18.2. The molecule has 5 heterocycles. The summed E-state index contributed by atoms with van der Waals surface area (Å²) in [6, 6.07) is 5.03. The smallest absolute Gasteiger partial charge is 0.277 e. The highest BCUT2D eigenvalue weighted by molar-refractivity contribution is 7.15. The lowest BCUT2D eigenvalue weighted by molar-refractivity contribution is 0.0725. The molecule has 0 unspecified atom stereocenters. The monoisotopic (exact) mass is 422 g/mol. The highest BCUT2D eigenvalue weighted by Crippen LogP contribution is 2.29. The number of fused-ring (bicyclic) bond motifs is 1. The van der Waals surface area contributed by atoms with Crippen LogP contribution in [0.1, 0.15) is 31.5 Å². The summed E-state index contributed by atoms with van der Waals surface area (Å²) in [4.78, 5) is 40.0. The molecule has 10 nitrogen and oxygen atoms in total. The van der Waals surface area contributed by atoms with Gasteiger partial charge in [-0.2, -0.15) is 0 Å². The van der Waals surface area contributed by atoms with Crippen LogP contribution in [-0.2, 0) is 13.0 Å². The standard InChI is InChI=1S/C19H14N6O4S/c26-17(13-9-20-4-5-21-13)23-19-22-11-3-6-25(10-16(11)30-19)18(27)12-8-15(29-24-12)14-2-1-7-28-14/h1-2,4-5,7-9H,3,6,10H2,(H,22,23,26). The van der Waals surface area contributed by atoms with Gasteiger partial charge in [-0.1, -0.05) is 16.5 Å². The Morgan fingerprint density at radius 2 is 2.13 bits per heavy atom. The molecule has 0 saturated heterocycles. The van der Waals surface area contributed by atoms with Crippen LogP contribution in [0.25, 0.3) is 11.5 Å². The fourth-order valence-electron chi connectivity index (χ4n) is 3.07. The summed E-state index contributed by atoms with van der Waals surface area (Å²) in [7, 11) is 0. The minimum atomic E-state index is -0.379. The topological polar surface area (TPSA) is 127 Å². The molecule has 4 aromatic heterocycles. The van der Waals surface area contributed by atoms with Crippen molar-refractivity contribution in [2.24, 2.45) is 0 Å². The number of nitrogens with zero attached hydrogens (tertiary/aromatic N) is 5. The first-order chi connectivity index (χ1) is 14.7. The van der Waals surface area contributed by atoms with Crippen LogP contribution >= 0.6 is 11.3 Å². The molecule has 1 N–H and O–H groups in total.